The summed E-state index contributed by atoms with van der Waals surface area (Å²) in [7, 11) is 1.51. The molecule has 1 heterocycles. The van der Waals surface area contributed by atoms with Gasteiger partial charge in [0, 0.05) is 19.1 Å². The van der Waals surface area contributed by atoms with Crippen LogP contribution in [-0.4, -0.2) is 49.6 Å². The van der Waals surface area contributed by atoms with Crippen LogP contribution in [0.1, 0.15) is 28.8 Å². The Morgan fingerprint density at radius 3 is 2.29 bits per heavy atom. The maximum Gasteiger partial charge on any atom is 0.417 e. The Hall–Kier alpha value is -3.23. The summed E-state index contributed by atoms with van der Waals surface area (Å²) >= 11 is 0. The molecule has 0 spiro atoms. The van der Waals surface area contributed by atoms with Crippen molar-refractivity contribution in [2.24, 2.45) is 0 Å². The van der Waals surface area contributed by atoms with Gasteiger partial charge in [0.2, 0.25) is 0 Å². The highest BCUT2D eigenvalue weighted by atomic mass is 19.4. The van der Waals surface area contributed by atoms with Crippen LogP contribution in [0.2, 0.25) is 0 Å². The normalized spacial score (nSPS) is 14.8. The fraction of sp³-hybridized carbons (Fsp3) is 0.364. The molecular weight excluding hydrogens is 413 g/mol. The van der Waals surface area contributed by atoms with Crippen molar-refractivity contribution >= 4 is 11.8 Å². The Balaban J connectivity index is 1.51. The lowest BCUT2D eigenvalue weighted by molar-refractivity contribution is -0.138. The molecule has 6 nitrogen and oxygen atoms in total. The maximum atomic E-state index is 13.1. The third-order valence-electron chi connectivity index (χ3n) is 5.08. The zero-order valence-corrected chi connectivity index (χ0v) is 16.9. The van der Waals surface area contributed by atoms with Crippen molar-refractivity contribution in [3.63, 3.8) is 0 Å². The Bertz CT molecular complexity index is 925. The summed E-state index contributed by atoms with van der Waals surface area (Å²) in [5.41, 5.74) is -1.37. The van der Waals surface area contributed by atoms with Crippen molar-refractivity contribution < 1.29 is 32.2 Å². The number of carbonyl (C=O) groups is 2. The van der Waals surface area contributed by atoms with Gasteiger partial charge in [0.25, 0.3) is 11.8 Å². The number of rotatable bonds is 6. The highest BCUT2D eigenvalue weighted by molar-refractivity contribution is 5.96. The van der Waals surface area contributed by atoms with Crippen molar-refractivity contribution in [1.82, 2.24) is 10.2 Å². The number of carbonyl (C=O) groups excluding carboxylic acids is 2. The summed E-state index contributed by atoms with van der Waals surface area (Å²) in [5, 5.41) is 2.66. The molecule has 2 aromatic carbocycles. The SMILES string of the molecule is COc1ccccc1OCC(=O)N1CCC(NC(=O)c2ccccc2C(F)(F)F)CC1. The molecule has 9 heteroatoms. The first-order valence-electron chi connectivity index (χ1n) is 9.80. The summed E-state index contributed by atoms with van der Waals surface area (Å²) < 4.78 is 50.1. The Morgan fingerprint density at radius 1 is 1.03 bits per heavy atom. The van der Waals surface area contributed by atoms with Crippen LogP contribution >= 0.6 is 0 Å². The molecule has 2 aromatic rings. The van der Waals surface area contributed by atoms with Crippen molar-refractivity contribution in [2.45, 2.75) is 25.1 Å². The molecular formula is C22H23F3N2O4. The number of amides is 2. The fourth-order valence-electron chi connectivity index (χ4n) is 3.43. The van der Waals surface area contributed by atoms with Gasteiger partial charge in [-0.25, -0.2) is 0 Å². The van der Waals surface area contributed by atoms with E-state index >= 15 is 0 Å². The average Bonchev–Trinajstić information content (AvgIpc) is 2.77. The van der Waals surface area contributed by atoms with Gasteiger partial charge in [0.15, 0.2) is 18.1 Å². The van der Waals surface area contributed by atoms with E-state index in [0.717, 1.165) is 12.1 Å². The monoisotopic (exact) mass is 436 g/mol. The van der Waals surface area contributed by atoms with E-state index in [1.807, 2.05) is 0 Å². The van der Waals surface area contributed by atoms with E-state index < -0.39 is 23.2 Å². The number of benzene rings is 2. The van der Waals surface area contributed by atoms with Crippen LogP contribution in [-0.2, 0) is 11.0 Å². The predicted octanol–water partition coefficient (Wildman–Crippen LogP) is 3.51. The minimum atomic E-state index is -4.61. The maximum absolute atomic E-state index is 13.1. The number of nitrogens with one attached hydrogen (secondary N) is 1. The van der Waals surface area contributed by atoms with Gasteiger partial charge in [-0.05, 0) is 37.1 Å². The van der Waals surface area contributed by atoms with Gasteiger partial charge in [0.1, 0.15) is 0 Å². The molecule has 0 saturated carbocycles. The first kappa shape index (κ1) is 22.5. The Morgan fingerprint density at radius 2 is 1.65 bits per heavy atom. The van der Waals surface area contributed by atoms with Gasteiger partial charge >= 0.3 is 6.18 Å². The van der Waals surface area contributed by atoms with E-state index in [4.69, 9.17) is 9.47 Å². The van der Waals surface area contributed by atoms with Crippen molar-refractivity contribution in [2.75, 3.05) is 26.8 Å². The van der Waals surface area contributed by atoms with Gasteiger partial charge in [-0.2, -0.15) is 13.2 Å². The van der Waals surface area contributed by atoms with Crippen LogP contribution < -0.4 is 14.8 Å². The second-order valence-corrected chi connectivity index (χ2v) is 7.11. The fourth-order valence-corrected chi connectivity index (χ4v) is 3.43. The minimum absolute atomic E-state index is 0.156. The molecule has 1 aliphatic heterocycles. The van der Waals surface area contributed by atoms with E-state index in [-0.39, 0.29) is 18.6 Å². The number of likely N-dealkylation sites (tertiary alicyclic amines) is 1. The smallest absolute Gasteiger partial charge is 0.417 e. The Labute approximate surface area is 177 Å². The molecule has 0 atom stereocenters. The van der Waals surface area contributed by atoms with Crippen LogP contribution in [0.3, 0.4) is 0 Å². The molecule has 0 unspecified atom stereocenters. The predicted molar refractivity (Wildman–Crippen MR) is 107 cm³/mol. The summed E-state index contributed by atoms with van der Waals surface area (Å²) in [6, 6.07) is 11.4. The van der Waals surface area contributed by atoms with Crippen LogP contribution in [0.4, 0.5) is 13.2 Å². The third kappa shape index (κ3) is 5.68. The highest BCUT2D eigenvalue weighted by Gasteiger charge is 2.35. The molecule has 1 fully saturated rings. The molecule has 31 heavy (non-hydrogen) atoms. The standard InChI is InChI=1S/C22H23F3N2O4/c1-30-18-8-4-5-9-19(18)31-14-20(28)27-12-10-15(11-13-27)26-21(29)16-6-2-3-7-17(16)22(23,24)25/h2-9,15H,10-14H2,1H3,(H,26,29). The zero-order valence-electron chi connectivity index (χ0n) is 16.9. The number of hydrogen-bond acceptors (Lipinski definition) is 4. The van der Waals surface area contributed by atoms with E-state index in [1.54, 1.807) is 29.2 Å². The molecule has 166 valence electrons. The molecule has 2 amide bonds. The van der Waals surface area contributed by atoms with Gasteiger partial charge in [-0.3, -0.25) is 9.59 Å². The van der Waals surface area contributed by atoms with Gasteiger partial charge < -0.3 is 19.7 Å². The lowest BCUT2D eigenvalue weighted by Crippen LogP contribution is -2.47. The summed E-state index contributed by atoms with van der Waals surface area (Å²) in [5.74, 6) is 0.00925. The number of hydrogen-bond donors (Lipinski definition) is 1. The summed E-state index contributed by atoms with van der Waals surface area (Å²) in [6.07, 6.45) is -3.72. The van der Waals surface area contributed by atoms with Gasteiger partial charge in [0.05, 0.1) is 18.2 Å². The van der Waals surface area contributed by atoms with Crippen LogP contribution in [0, 0.1) is 0 Å². The topological polar surface area (TPSA) is 67.9 Å². The molecule has 0 aliphatic carbocycles. The quantitative estimate of drug-likeness (QED) is 0.753. The molecule has 0 bridgehead atoms. The van der Waals surface area contributed by atoms with E-state index in [2.05, 4.69) is 5.32 Å². The van der Waals surface area contributed by atoms with E-state index in [1.165, 1.54) is 19.2 Å². The number of ether oxygens (including phenoxy) is 2. The van der Waals surface area contributed by atoms with Crippen molar-refractivity contribution in [1.29, 1.82) is 0 Å². The van der Waals surface area contributed by atoms with Crippen LogP contribution in [0.25, 0.3) is 0 Å². The number of nitrogens with zero attached hydrogens (tertiary/aromatic N) is 1. The van der Waals surface area contributed by atoms with Crippen molar-refractivity contribution in [3.05, 3.63) is 59.7 Å². The van der Waals surface area contributed by atoms with Gasteiger partial charge in [-0.1, -0.05) is 24.3 Å². The number of halogens is 3. The minimum Gasteiger partial charge on any atom is -0.493 e. The molecule has 3 rings (SSSR count). The first-order chi connectivity index (χ1) is 14.8. The van der Waals surface area contributed by atoms with Gasteiger partial charge in [-0.15, -0.1) is 0 Å². The van der Waals surface area contributed by atoms with E-state index in [9.17, 15) is 22.8 Å². The number of piperidine rings is 1. The second kappa shape index (κ2) is 9.72. The number of alkyl halides is 3. The number of methoxy groups -OCH3 is 1. The largest absolute Gasteiger partial charge is 0.493 e. The average molecular weight is 436 g/mol. The summed E-state index contributed by atoms with van der Waals surface area (Å²) in [6.45, 7) is 0.594. The van der Waals surface area contributed by atoms with E-state index in [0.29, 0.717) is 37.4 Å². The summed E-state index contributed by atoms with van der Waals surface area (Å²) in [4.78, 5) is 26.4. The zero-order chi connectivity index (χ0) is 22.4. The lowest BCUT2D eigenvalue weighted by atomic mass is 10.0. The second-order valence-electron chi connectivity index (χ2n) is 7.11. The third-order valence-corrected chi connectivity index (χ3v) is 5.08. The molecule has 0 aromatic heterocycles. The van der Waals surface area contributed by atoms with Crippen molar-refractivity contribution in [3.8, 4) is 11.5 Å². The lowest BCUT2D eigenvalue weighted by Gasteiger charge is -2.32. The highest BCUT2D eigenvalue weighted by Crippen LogP contribution is 2.32. The molecule has 1 N–H and O–H groups in total. The number of para-hydroxylation sites is 2. The Kier molecular flexibility index (Phi) is 7.04. The molecule has 1 saturated heterocycles. The molecule has 0 radical (unpaired) electrons. The van der Waals surface area contributed by atoms with Crippen LogP contribution in [0.15, 0.2) is 48.5 Å². The van der Waals surface area contributed by atoms with Crippen LogP contribution in [0.5, 0.6) is 11.5 Å². The molecule has 1 aliphatic rings. The first-order valence-corrected chi connectivity index (χ1v) is 9.80.